The number of carbonyl (C=O) groups excluding carboxylic acids is 2. The summed E-state index contributed by atoms with van der Waals surface area (Å²) in [6, 6.07) is 32.1. The van der Waals surface area contributed by atoms with Crippen LogP contribution in [0.3, 0.4) is 0 Å². The van der Waals surface area contributed by atoms with Crippen LogP contribution in [0.5, 0.6) is 23.0 Å². The molecule has 0 saturated carbocycles. The first-order chi connectivity index (χ1) is 33.8. The second kappa shape index (κ2) is 31.4. The zero-order valence-corrected chi connectivity index (χ0v) is 40.8. The molecule has 0 spiro atoms. The van der Waals surface area contributed by atoms with E-state index in [9.17, 15) is 19.7 Å². The summed E-state index contributed by atoms with van der Waals surface area (Å²) in [7, 11) is 0. The summed E-state index contributed by atoms with van der Waals surface area (Å²) < 4.78 is 22.8. The Balaban J connectivity index is 1.03. The lowest BCUT2D eigenvalue weighted by Crippen LogP contribution is -2.12. The van der Waals surface area contributed by atoms with Gasteiger partial charge in [0.15, 0.2) is 0 Å². The molecule has 0 aliphatic rings. The van der Waals surface area contributed by atoms with Crippen LogP contribution in [0.4, 0.5) is 17.1 Å². The molecule has 11 nitrogen and oxygen atoms in total. The van der Waals surface area contributed by atoms with Gasteiger partial charge in [0.2, 0.25) is 11.5 Å². The van der Waals surface area contributed by atoms with Crippen molar-refractivity contribution in [3.8, 4) is 23.0 Å². The maximum atomic E-state index is 13.1. The molecule has 5 rings (SSSR count). The van der Waals surface area contributed by atoms with E-state index in [4.69, 9.17) is 18.9 Å². The minimum absolute atomic E-state index is 0.151. The van der Waals surface area contributed by atoms with Gasteiger partial charge < -0.3 is 18.9 Å². The van der Waals surface area contributed by atoms with Crippen molar-refractivity contribution in [2.75, 3.05) is 13.2 Å². The number of aliphatic imine (C=N–C) groups is 2. The Kier molecular flexibility index (Phi) is 24.3. The summed E-state index contributed by atoms with van der Waals surface area (Å²) >= 11 is 0. The Hall–Kier alpha value is -6.62. The summed E-state index contributed by atoms with van der Waals surface area (Å²) in [5, 5.41) is 12.2. The van der Waals surface area contributed by atoms with E-state index in [2.05, 4.69) is 23.8 Å². The van der Waals surface area contributed by atoms with Gasteiger partial charge in [0, 0.05) is 12.4 Å². The fourth-order valence-electron chi connectivity index (χ4n) is 7.69. The number of nitro benzene ring substituents is 1. The number of nitrogens with zero attached hydrogens (tertiary/aromatic N) is 3. The molecule has 366 valence electrons. The van der Waals surface area contributed by atoms with Crippen LogP contribution in [0.1, 0.15) is 174 Å². The van der Waals surface area contributed by atoms with Crippen LogP contribution in [0.2, 0.25) is 0 Å². The molecule has 11 heteroatoms. The molecule has 0 bridgehead atoms. The molecule has 0 unspecified atom stereocenters. The van der Waals surface area contributed by atoms with Crippen molar-refractivity contribution in [3.05, 3.63) is 148 Å². The van der Waals surface area contributed by atoms with Gasteiger partial charge in [-0.05, 0) is 133 Å². The minimum Gasteiger partial charge on any atom is -0.494 e. The van der Waals surface area contributed by atoms with Crippen LogP contribution < -0.4 is 18.9 Å². The average molecular weight is 938 g/mol. The van der Waals surface area contributed by atoms with Crippen molar-refractivity contribution >= 4 is 41.4 Å². The Morgan fingerprint density at radius 2 is 0.797 bits per heavy atom. The lowest BCUT2D eigenvalue weighted by molar-refractivity contribution is -0.386. The number of para-hydroxylation sites is 1. The van der Waals surface area contributed by atoms with Crippen molar-refractivity contribution in [2.45, 2.75) is 142 Å². The second-order valence-corrected chi connectivity index (χ2v) is 17.4. The van der Waals surface area contributed by atoms with E-state index in [1.807, 2.05) is 48.5 Å². The van der Waals surface area contributed by atoms with E-state index in [0.29, 0.717) is 24.6 Å². The van der Waals surface area contributed by atoms with Gasteiger partial charge in [-0.1, -0.05) is 135 Å². The molecule has 0 atom stereocenters. The normalized spacial score (nSPS) is 11.3. The first-order valence-electron chi connectivity index (χ1n) is 25.3. The topological polar surface area (TPSA) is 139 Å². The third-order valence-electron chi connectivity index (χ3n) is 11.8. The average Bonchev–Trinajstić information content (AvgIpc) is 3.37. The lowest BCUT2D eigenvalue weighted by atomic mass is 10.1. The molecule has 5 aromatic rings. The highest BCUT2D eigenvalue weighted by molar-refractivity contribution is 5.94. The van der Waals surface area contributed by atoms with Gasteiger partial charge in [0.05, 0.1) is 40.6 Å². The molecule has 0 aliphatic heterocycles. The van der Waals surface area contributed by atoms with Crippen molar-refractivity contribution in [2.24, 2.45) is 9.98 Å². The van der Waals surface area contributed by atoms with Crippen LogP contribution in [-0.4, -0.2) is 42.5 Å². The number of hydrogen-bond donors (Lipinski definition) is 0. The molecule has 0 fully saturated rings. The number of rotatable bonds is 33. The number of esters is 2. The molecule has 0 saturated heterocycles. The monoisotopic (exact) mass is 938 g/mol. The predicted molar refractivity (Wildman–Crippen MR) is 278 cm³/mol. The SMILES string of the molecule is CCCCCCCCCCCCOc1ccc(C=Nc2ccc(C(=O)Oc3cccc(OC(=O)c4ccc(N=Cc5ccc(OCCCCCCCCCCCC)cc5)cc4)c3[N+](=O)[O-])cc2)cc1. The van der Waals surface area contributed by atoms with Crippen LogP contribution in [0, 0.1) is 10.1 Å². The van der Waals surface area contributed by atoms with Crippen molar-refractivity contribution in [1.29, 1.82) is 0 Å². The number of hydrogen-bond acceptors (Lipinski definition) is 10. The highest BCUT2D eigenvalue weighted by atomic mass is 16.6. The molecular formula is C58H71N3O8. The summed E-state index contributed by atoms with van der Waals surface area (Å²) in [6.45, 7) is 5.90. The third kappa shape index (κ3) is 20.3. The molecule has 69 heavy (non-hydrogen) atoms. The minimum atomic E-state index is -0.828. The molecule has 0 aliphatic carbocycles. The number of benzene rings is 5. The molecule has 0 amide bonds. The van der Waals surface area contributed by atoms with Gasteiger partial charge in [0.25, 0.3) is 0 Å². The van der Waals surface area contributed by atoms with Crippen molar-refractivity contribution in [1.82, 2.24) is 0 Å². The first kappa shape index (κ1) is 53.3. The van der Waals surface area contributed by atoms with E-state index >= 15 is 0 Å². The molecule has 0 radical (unpaired) electrons. The quantitative estimate of drug-likeness (QED) is 0.0101. The standard InChI is InChI=1S/C58H71N3O8/c1-3-5-7-9-11-13-15-17-19-21-42-66-52-38-26-46(27-39-52)44-59-50-34-30-48(31-35-50)57(62)68-54-24-23-25-55(56(54)61(64)65)69-58(63)49-32-36-51(37-33-49)60-45-47-28-40-53(41-29-47)67-43-22-20-18-16-14-12-10-8-6-4-2/h23-41,44-45H,3-22,42-43H2,1-2H3. The Labute approximate surface area is 409 Å². The molecule has 0 N–H and O–H groups in total. The van der Waals surface area contributed by atoms with Crippen LogP contribution in [0.25, 0.3) is 0 Å². The fraction of sp³-hybridized carbons (Fsp3) is 0.414. The number of ether oxygens (including phenoxy) is 4. The zero-order valence-electron chi connectivity index (χ0n) is 40.8. The van der Waals surface area contributed by atoms with E-state index in [1.54, 1.807) is 36.7 Å². The van der Waals surface area contributed by atoms with E-state index in [1.165, 1.54) is 158 Å². The Morgan fingerprint density at radius 1 is 0.464 bits per heavy atom. The number of nitro groups is 1. The molecule has 5 aromatic carbocycles. The van der Waals surface area contributed by atoms with E-state index in [0.717, 1.165) is 35.5 Å². The first-order valence-corrected chi connectivity index (χ1v) is 25.3. The van der Waals surface area contributed by atoms with Gasteiger partial charge >= 0.3 is 17.6 Å². The van der Waals surface area contributed by atoms with Gasteiger partial charge in [-0.25, -0.2) is 9.59 Å². The third-order valence-corrected chi connectivity index (χ3v) is 11.8. The molecular weight excluding hydrogens is 867 g/mol. The molecule has 0 heterocycles. The maximum Gasteiger partial charge on any atom is 0.353 e. The largest absolute Gasteiger partial charge is 0.494 e. The van der Waals surface area contributed by atoms with E-state index < -0.39 is 22.5 Å². The van der Waals surface area contributed by atoms with Gasteiger partial charge in [-0.2, -0.15) is 0 Å². The Bertz CT molecular complexity index is 2170. The number of carbonyl (C=O) groups is 2. The highest BCUT2D eigenvalue weighted by Gasteiger charge is 2.27. The zero-order chi connectivity index (χ0) is 48.7. The lowest BCUT2D eigenvalue weighted by Gasteiger charge is -2.09. The second-order valence-electron chi connectivity index (χ2n) is 17.4. The van der Waals surface area contributed by atoms with Crippen LogP contribution in [-0.2, 0) is 0 Å². The summed E-state index contributed by atoms with van der Waals surface area (Å²) in [4.78, 5) is 46.8. The predicted octanol–water partition coefficient (Wildman–Crippen LogP) is 16.1. The Morgan fingerprint density at radius 3 is 1.13 bits per heavy atom. The smallest absolute Gasteiger partial charge is 0.353 e. The molecule has 0 aromatic heterocycles. The fourth-order valence-corrected chi connectivity index (χ4v) is 7.69. The van der Waals surface area contributed by atoms with Crippen molar-refractivity contribution in [3.63, 3.8) is 0 Å². The van der Waals surface area contributed by atoms with Gasteiger partial charge in [0.1, 0.15) is 11.5 Å². The van der Waals surface area contributed by atoms with Crippen molar-refractivity contribution < 1.29 is 33.5 Å². The van der Waals surface area contributed by atoms with Gasteiger partial charge in [-0.15, -0.1) is 0 Å². The van der Waals surface area contributed by atoms with Gasteiger partial charge in [-0.3, -0.25) is 20.1 Å². The summed E-state index contributed by atoms with van der Waals surface area (Å²) in [5.41, 5.74) is 2.60. The highest BCUT2D eigenvalue weighted by Crippen LogP contribution is 2.37. The maximum absolute atomic E-state index is 13.1. The van der Waals surface area contributed by atoms with Crippen LogP contribution >= 0.6 is 0 Å². The summed E-state index contributed by atoms with van der Waals surface area (Å²) in [6.07, 6.45) is 29.1. The van der Waals surface area contributed by atoms with E-state index in [-0.39, 0.29) is 22.6 Å². The van der Waals surface area contributed by atoms with Crippen LogP contribution in [0.15, 0.2) is 125 Å². The number of unbranched alkanes of at least 4 members (excludes halogenated alkanes) is 18. The summed E-state index contributed by atoms with van der Waals surface area (Å²) in [5.74, 6) is -0.755.